The molecule has 0 saturated carbocycles. The van der Waals surface area contributed by atoms with E-state index in [1.165, 1.54) is 11.3 Å². The summed E-state index contributed by atoms with van der Waals surface area (Å²) in [6.45, 7) is 4.18. The lowest BCUT2D eigenvalue weighted by atomic mass is 10.2. The number of anilines is 1. The Kier molecular flexibility index (Phi) is 4.51. The van der Waals surface area contributed by atoms with Crippen molar-refractivity contribution in [2.24, 2.45) is 5.73 Å². The maximum Gasteiger partial charge on any atom is 0.257 e. The van der Waals surface area contributed by atoms with Crippen molar-refractivity contribution < 1.29 is 4.79 Å². The van der Waals surface area contributed by atoms with E-state index in [1.54, 1.807) is 11.4 Å². The number of hydrogen-bond donors (Lipinski definition) is 2. The minimum absolute atomic E-state index is 0.181. The highest BCUT2D eigenvalue weighted by molar-refractivity contribution is 7.10. The van der Waals surface area contributed by atoms with Crippen LogP contribution in [0.1, 0.15) is 26.5 Å². The van der Waals surface area contributed by atoms with E-state index in [4.69, 9.17) is 5.73 Å². The zero-order valence-corrected chi connectivity index (χ0v) is 12.2. The number of nitrogens with zero attached hydrogens (tertiary/aromatic N) is 1. The fourth-order valence-corrected chi connectivity index (χ4v) is 2.51. The van der Waals surface area contributed by atoms with Gasteiger partial charge >= 0.3 is 0 Å². The Morgan fingerprint density at radius 3 is 2.90 bits per heavy atom. The van der Waals surface area contributed by atoms with Crippen molar-refractivity contribution in [2.45, 2.75) is 13.8 Å². The van der Waals surface area contributed by atoms with Gasteiger partial charge in [-0.3, -0.25) is 4.79 Å². The molecule has 0 aromatic carbocycles. The molecule has 0 saturated heterocycles. The number of pyridine rings is 1. The van der Waals surface area contributed by atoms with Gasteiger partial charge in [0.1, 0.15) is 5.82 Å². The van der Waals surface area contributed by atoms with Crippen molar-refractivity contribution in [3.63, 3.8) is 0 Å². The minimum atomic E-state index is -0.181. The topological polar surface area (TPSA) is 68.0 Å². The van der Waals surface area contributed by atoms with E-state index < -0.39 is 0 Å². The molecule has 2 aromatic heterocycles. The quantitative estimate of drug-likeness (QED) is 0.832. The van der Waals surface area contributed by atoms with Gasteiger partial charge in [0.15, 0.2) is 0 Å². The molecule has 0 aliphatic heterocycles. The van der Waals surface area contributed by atoms with Crippen LogP contribution in [0.5, 0.6) is 0 Å². The first-order chi connectivity index (χ1) is 9.58. The Balaban J connectivity index is 2.13. The van der Waals surface area contributed by atoms with E-state index in [0.29, 0.717) is 17.9 Å². The lowest BCUT2D eigenvalue weighted by Gasteiger charge is -2.05. The number of carbonyl (C=O) groups is 1. The van der Waals surface area contributed by atoms with Crippen LogP contribution in [-0.2, 0) is 0 Å². The van der Waals surface area contributed by atoms with Crippen molar-refractivity contribution in [3.05, 3.63) is 45.3 Å². The highest BCUT2D eigenvalue weighted by Gasteiger charge is 2.09. The second-order valence-corrected chi connectivity index (χ2v) is 5.24. The molecule has 5 heteroatoms. The number of aryl methyl sites for hydroxylation is 2. The van der Waals surface area contributed by atoms with Crippen LogP contribution in [0.4, 0.5) is 5.82 Å². The average Bonchev–Trinajstić information content (AvgIpc) is 2.83. The molecule has 102 valence electrons. The third kappa shape index (κ3) is 3.67. The van der Waals surface area contributed by atoms with Gasteiger partial charge in [0.05, 0.1) is 17.0 Å². The zero-order valence-electron chi connectivity index (χ0n) is 11.4. The number of amides is 1. The minimum Gasteiger partial charge on any atom is -0.320 e. The highest BCUT2D eigenvalue weighted by atomic mass is 32.1. The van der Waals surface area contributed by atoms with Gasteiger partial charge in [-0.25, -0.2) is 4.98 Å². The number of hydrogen-bond acceptors (Lipinski definition) is 4. The molecule has 0 unspecified atom stereocenters. The Labute approximate surface area is 122 Å². The van der Waals surface area contributed by atoms with Gasteiger partial charge in [-0.15, -0.1) is 11.3 Å². The van der Waals surface area contributed by atoms with Gasteiger partial charge in [-0.2, -0.15) is 0 Å². The summed E-state index contributed by atoms with van der Waals surface area (Å²) in [6, 6.07) is 5.55. The first-order valence-electron chi connectivity index (χ1n) is 6.12. The molecule has 4 nitrogen and oxygen atoms in total. The van der Waals surface area contributed by atoms with E-state index >= 15 is 0 Å². The first-order valence-corrected chi connectivity index (χ1v) is 7.00. The molecule has 0 aliphatic carbocycles. The molecule has 1 amide bonds. The van der Waals surface area contributed by atoms with Gasteiger partial charge in [-0.1, -0.05) is 11.8 Å². The molecule has 0 atom stereocenters. The van der Waals surface area contributed by atoms with E-state index in [1.807, 2.05) is 26.0 Å². The molecule has 0 fully saturated rings. The van der Waals surface area contributed by atoms with E-state index in [0.717, 1.165) is 16.1 Å². The molecule has 0 aliphatic rings. The van der Waals surface area contributed by atoms with E-state index in [2.05, 4.69) is 22.1 Å². The first kappa shape index (κ1) is 14.3. The number of carbonyl (C=O) groups excluding carboxylic acids is 1. The van der Waals surface area contributed by atoms with Crippen molar-refractivity contribution in [1.82, 2.24) is 4.98 Å². The highest BCUT2D eigenvalue weighted by Crippen LogP contribution is 2.16. The summed E-state index contributed by atoms with van der Waals surface area (Å²) in [6.07, 6.45) is 0. The average molecular weight is 285 g/mol. The fraction of sp³-hybridized carbons (Fsp3) is 0.200. The molecule has 2 rings (SSSR count). The summed E-state index contributed by atoms with van der Waals surface area (Å²) in [7, 11) is 0. The van der Waals surface area contributed by atoms with Crippen LogP contribution in [-0.4, -0.2) is 17.4 Å². The maximum absolute atomic E-state index is 12.1. The molecule has 0 radical (unpaired) electrons. The number of thiophene rings is 1. The van der Waals surface area contributed by atoms with Gasteiger partial charge in [0, 0.05) is 11.1 Å². The molecular weight excluding hydrogens is 270 g/mol. The monoisotopic (exact) mass is 285 g/mol. The Morgan fingerprint density at radius 1 is 1.40 bits per heavy atom. The molecule has 20 heavy (non-hydrogen) atoms. The predicted octanol–water partition coefficient (Wildman–Crippen LogP) is 2.32. The van der Waals surface area contributed by atoms with Gasteiger partial charge in [-0.05, 0) is 37.6 Å². The Bertz CT molecular complexity index is 674. The number of nitrogens with two attached hydrogens (primary N) is 1. The van der Waals surface area contributed by atoms with Gasteiger partial charge in [0.25, 0.3) is 5.91 Å². The molecule has 0 spiro atoms. The van der Waals surface area contributed by atoms with Crippen LogP contribution in [0.15, 0.2) is 23.6 Å². The summed E-state index contributed by atoms with van der Waals surface area (Å²) in [4.78, 5) is 17.2. The van der Waals surface area contributed by atoms with Crippen LogP contribution in [0.3, 0.4) is 0 Å². The fourth-order valence-electron chi connectivity index (χ4n) is 1.75. The molecule has 0 bridgehead atoms. The third-order valence-corrected chi connectivity index (χ3v) is 3.36. The molecule has 2 aromatic rings. The summed E-state index contributed by atoms with van der Waals surface area (Å²) < 4.78 is 0. The lowest BCUT2D eigenvalue weighted by Crippen LogP contribution is -2.12. The smallest absolute Gasteiger partial charge is 0.257 e. The summed E-state index contributed by atoms with van der Waals surface area (Å²) in [5.41, 5.74) is 7.84. The SMILES string of the molecule is Cc1cc(C)nc(NC(=O)c2csc(C#CCN)c2)c1. The summed E-state index contributed by atoms with van der Waals surface area (Å²) in [5, 5.41) is 4.57. The maximum atomic E-state index is 12.1. The lowest BCUT2D eigenvalue weighted by molar-refractivity contribution is 0.102. The van der Waals surface area contributed by atoms with Crippen molar-refractivity contribution >= 4 is 23.1 Å². The van der Waals surface area contributed by atoms with Crippen LogP contribution in [0.2, 0.25) is 0 Å². The van der Waals surface area contributed by atoms with Crippen LogP contribution < -0.4 is 11.1 Å². The Morgan fingerprint density at radius 2 is 2.20 bits per heavy atom. The van der Waals surface area contributed by atoms with Crippen molar-refractivity contribution in [3.8, 4) is 11.8 Å². The van der Waals surface area contributed by atoms with Gasteiger partial charge < -0.3 is 11.1 Å². The standard InChI is InChI=1S/C15H15N3OS/c1-10-6-11(2)17-14(7-10)18-15(19)12-8-13(20-9-12)4-3-5-16/h6-9H,5,16H2,1-2H3,(H,17,18,19). The predicted molar refractivity (Wildman–Crippen MR) is 81.9 cm³/mol. The largest absolute Gasteiger partial charge is 0.320 e. The molecular formula is C15H15N3OS. The number of aromatic nitrogens is 1. The second kappa shape index (κ2) is 6.33. The summed E-state index contributed by atoms with van der Waals surface area (Å²) >= 11 is 1.42. The van der Waals surface area contributed by atoms with Crippen molar-refractivity contribution in [2.75, 3.05) is 11.9 Å². The number of nitrogens with one attached hydrogen (secondary N) is 1. The van der Waals surface area contributed by atoms with E-state index in [-0.39, 0.29) is 5.91 Å². The zero-order chi connectivity index (χ0) is 14.5. The van der Waals surface area contributed by atoms with Crippen LogP contribution in [0.25, 0.3) is 0 Å². The second-order valence-electron chi connectivity index (χ2n) is 4.33. The third-order valence-electron chi connectivity index (χ3n) is 2.51. The molecule has 3 N–H and O–H groups in total. The number of rotatable bonds is 2. The van der Waals surface area contributed by atoms with E-state index in [9.17, 15) is 4.79 Å². The normalized spacial score (nSPS) is 9.75. The summed E-state index contributed by atoms with van der Waals surface area (Å²) in [5.74, 6) is 6.06. The Hall–Kier alpha value is -2.16. The van der Waals surface area contributed by atoms with Crippen LogP contribution >= 0.6 is 11.3 Å². The molecule has 2 heterocycles. The van der Waals surface area contributed by atoms with Gasteiger partial charge in [0.2, 0.25) is 0 Å². The van der Waals surface area contributed by atoms with Crippen LogP contribution in [0, 0.1) is 25.7 Å². The van der Waals surface area contributed by atoms with Crippen molar-refractivity contribution in [1.29, 1.82) is 0 Å².